The number of hydrogen-bond donors (Lipinski definition) is 0. The first kappa shape index (κ1) is 11.6. The van der Waals surface area contributed by atoms with Gasteiger partial charge in [-0.1, -0.05) is 66.7 Å². The molecule has 0 aliphatic rings. The van der Waals surface area contributed by atoms with Gasteiger partial charge in [-0.15, -0.1) is 0 Å². The van der Waals surface area contributed by atoms with Gasteiger partial charge in [-0.05, 0) is 50.5 Å². The average Bonchev–Trinajstić information content (AvgIpc) is 2.59. The predicted octanol–water partition coefficient (Wildman–Crippen LogP) is 5.90. The van der Waals surface area contributed by atoms with Gasteiger partial charge in [0.15, 0.2) is 0 Å². The first-order valence-electron chi connectivity index (χ1n) is 7.47. The summed E-state index contributed by atoms with van der Waals surface area (Å²) in [6.07, 6.45) is 0. The highest BCUT2D eigenvalue weighted by Gasteiger charge is 2.05. The normalized spacial score (nSPS) is 11.3. The van der Waals surface area contributed by atoms with E-state index >= 15 is 0 Å². The SMILES string of the molecule is c1c2ccccc2c2ccc3cc4ccccc4cc3c2c#1. The van der Waals surface area contributed by atoms with Crippen LogP contribution in [-0.4, -0.2) is 0 Å². The van der Waals surface area contributed by atoms with Gasteiger partial charge in [0.2, 0.25) is 0 Å². The summed E-state index contributed by atoms with van der Waals surface area (Å²) in [5, 5.41) is 9.81. The van der Waals surface area contributed by atoms with Crippen molar-refractivity contribution in [1.29, 1.82) is 0 Å². The van der Waals surface area contributed by atoms with Gasteiger partial charge >= 0.3 is 0 Å². The summed E-state index contributed by atoms with van der Waals surface area (Å²) in [4.78, 5) is 0. The molecule has 5 aromatic rings. The van der Waals surface area contributed by atoms with Crippen LogP contribution in [0.2, 0.25) is 0 Å². The molecule has 0 atom stereocenters. The molecular weight excluding hydrogens is 264 g/mol. The van der Waals surface area contributed by atoms with Crippen molar-refractivity contribution < 1.29 is 0 Å². The Labute approximate surface area is 128 Å². The second-order valence-corrected chi connectivity index (χ2v) is 5.70. The molecule has 0 fully saturated rings. The monoisotopic (exact) mass is 276 g/mol. The van der Waals surface area contributed by atoms with Gasteiger partial charge in [0, 0.05) is 10.8 Å². The van der Waals surface area contributed by atoms with Crippen LogP contribution in [0.1, 0.15) is 0 Å². The van der Waals surface area contributed by atoms with E-state index in [0.29, 0.717) is 0 Å². The molecule has 0 aliphatic carbocycles. The van der Waals surface area contributed by atoms with E-state index in [9.17, 15) is 0 Å². The Balaban J connectivity index is 2.02. The molecule has 0 N–H and O–H groups in total. The Morgan fingerprint density at radius 3 is 2.18 bits per heavy atom. The van der Waals surface area contributed by atoms with Crippen molar-refractivity contribution in [1.82, 2.24) is 0 Å². The average molecular weight is 276 g/mol. The standard InChI is InChI=1S/C22H12/c1-2-7-17-14-22-18(13-16(17)6-1)10-12-20-19-8-4-3-5-15(19)9-11-21(20)22/h1-8,10,12-14H. The predicted molar refractivity (Wildman–Crippen MR) is 94.1 cm³/mol. The van der Waals surface area contributed by atoms with Gasteiger partial charge < -0.3 is 0 Å². The third kappa shape index (κ3) is 1.54. The maximum atomic E-state index is 3.38. The quantitative estimate of drug-likeness (QED) is 0.309. The minimum absolute atomic E-state index is 1.12. The van der Waals surface area contributed by atoms with Gasteiger partial charge in [0.25, 0.3) is 0 Å². The highest BCUT2D eigenvalue weighted by Crippen LogP contribution is 2.31. The molecule has 0 spiro atoms. The van der Waals surface area contributed by atoms with Crippen LogP contribution in [0.25, 0.3) is 43.1 Å². The van der Waals surface area contributed by atoms with Gasteiger partial charge in [-0.25, -0.2) is 0 Å². The van der Waals surface area contributed by atoms with E-state index in [4.69, 9.17) is 0 Å². The van der Waals surface area contributed by atoms with Crippen molar-refractivity contribution in [3.05, 3.63) is 84.9 Å². The van der Waals surface area contributed by atoms with Gasteiger partial charge in [0.05, 0.1) is 0 Å². The van der Waals surface area contributed by atoms with E-state index < -0.39 is 0 Å². The summed E-state index contributed by atoms with van der Waals surface area (Å²) in [5.41, 5.74) is 0. The molecule has 0 unspecified atom stereocenters. The molecule has 5 aromatic carbocycles. The number of hydrogen-bond acceptors (Lipinski definition) is 0. The number of fused-ring (bicyclic) bond motifs is 6. The topological polar surface area (TPSA) is 0 Å². The number of rotatable bonds is 0. The molecule has 0 heteroatoms. The zero-order valence-corrected chi connectivity index (χ0v) is 11.9. The Kier molecular flexibility index (Phi) is 2.23. The maximum absolute atomic E-state index is 3.38. The Hall–Kier alpha value is -3.04. The summed E-state index contributed by atoms with van der Waals surface area (Å²) in [6, 6.07) is 32.5. The largest absolute Gasteiger partial charge is 0.0616 e. The van der Waals surface area contributed by atoms with Crippen LogP contribution in [-0.2, 0) is 0 Å². The fourth-order valence-corrected chi connectivity index (χ4v) is 3.33. The van der Waals surface area contributed by atoms with Gasteiger partial charge in [-0.2, -0.15) is 0 Å². The van der Waals surface area contributed by atoms with E-state index in [-0.39, 0.29) is 0 Å². The summed E-state index contributed by atoms with van der Waals surface area (Å²) < 4.78 is 0. The van der Waals surface area contributed by atoms with E-state index in [1.54, 1.807) is 0 Å². The molecule has 0 aliphatic heterocycles. The van der Waals surface area contributed by atoms with Crippen molar-refractivity contribution in [2.75, 3.05) is 0 Å². The van der Waals surface area contributed by atoms with Crippen molar-refractivity contribution in [2.45, 2.75) is 0 Å². The second kappa shape index (κ2) is 4.23. The zero-order chi connectivity index (χ0) is 14.5. The summed E-state index contributed by atoms with van der Waals surface area (Å²) >= 11 is 0. The van der Waals surface area contributed by atoms with Crippen molar-refractivity contribution >= 4 is 43.1 Å². The molecule has 0 heterocycles. The molecule has 0 saturated carbocycles. The van der Waals surface area contributed by atoms with Crippen LogP contribution >= 0.6 is 0 Å². The smallest absolute Gasteiger partial charge is 0.0406 e. The second-order valence-electron chi connectivity index (χ2n) is 5.70. The molecule has 0 aromatic heterocycles. The highest BCUT2D eigenvalue weighted by molar-refractivity contribution is 6.18. The van der Waals surface area contributed by atoms with Crippen molar-refractivity contribution in [3.63, 3.8) is 0 Å². The Bertz CT molecular complexity index is 1160. The fraction of sp³-hybridized carbons (Fsp3) is 0. The van der Waals surface area contributed by atoms with E-state index in [1.807, 2.05) is 6.07 Å². The first-order valence-corrected chi connectivity index (χ1v) is 7.47. The lowest BCUT2D eigenvalue weighted by atomic mass is 9.96. The first-order chi connectivity index (χ1) is 10.9. The third-order valence-corrected chi connectivity index (χ3v) is 4.43. The molecule has 0 radical (unpaired) electrons. The fourth-order valence-electron chi connectivity index (χ4n) is 3.33. The van der Waals surface area contributed by atoms with Crippen LogP contribution in [0.3, 0.4) is 0 Å². The molecule has 22 heavy (non-hydrogen) atoms. The van der Waals surface area contributed by atoms with E-state index in [1.165, 1.54) is 32.3 Å². The van der Waals surface area contributed by atoms with E-state index in [2.05, 4.69) is 78.9 Å². The van der Waals surface area contributed by atoms with Crippen LogP contribution < -0.4 is 0 Å². The molecule has 5 rings (SSSR count). The minimum Gasteiger partial charge on any atom is -0.0616 e. The Morgan fingerprint density at radius 1 is 0.500 bits per heavy atom. The van der Waals surface area contributed by atoms with Crippen LogP contribution in [0.5, 0.6) is 0 Å². The molecule has 0 amide bonds. The highest BCUT2D eigenvalue weighted by atomic mass is 14.1. The lowest BCUT2D eigenvalue weighted by Crippen LogP contribution is -1.80. The number of benzene rings is 4. The van der Waals surface area contributed by atoms with Crippen LogP contribution in [0.15, 0.2) is 72.8 Å². The van der Waals surface area contributed by atoms with Gasteiger partial charge in [-0.3, -0.25) is 0 Å². The van der Waals surface area contributed by atoms with Crippen LogP contribution in [0.4, 0.5) is 0 Å². The summed E-state index contributed by atoms with van der Waals surface area (Å²) in [7, 11) is 0. The van der Waals surface area contributed by atoms with Crippen molar-refractivity contribution in [2.24, 2.45) is 0 Å². The molecular formula is C22H12. The van der Waals surface area contributed by atoms with Crippen molar-refractivity contribution in [3.8, 4) is 0 Å². The summed E-state index contributed by atoms with van der Waals surface area (Å²) in [6.45, 7) is 0. The lowest BCUT2D eigenvalue weighted by molar-refractivity contribution is 1.78. The molecule has 0 saturated heterocycles. The zero-order valence-electron chi connectivity index (χ0n) is 11.9. The lowest BCUT2D eigenvalue weighted by Gasteiger charge is -2.06. The molecule has 0 nitrogen and oxygen atoms in total. The maximum Gasteiger partial charge on any atom is 0.0406 e. The summed E-state index contributed by atoms with van der Waals surface area (Å²) in [5.74, 6) is 0. The van der Waals surface area contributed by atoms with Crippen LogP contribution in [0, 0.1) is 12.1 Å². The van der Waals surface area contributed by atoms with E-state index in [0.717, 1.165) is 10.8 Å². The molecule has 100 valence electrons. The molecule has 0 bridgehead atoms. The van der Waals surface area contributed by atoms with Gasteiger partial charge in [0.1, 0.15) is 0 Å². The minimum atomic E-state index is 1.12. The Morgan fingerprint density at radius 2 is 1.27 bits per heavy atom. The third-order valence-electron chi connectivity index (χ3n) is 4.43.